The lowest BCUT2D eigenvalue weighted by Gasteiger charge is -2.24. The summed E-state index contributed by atoms with van der Waals surface area (Å²) in [6.07, 6.45) is 3.36. The van der Waals surface area contributed by atoms with E-state index in [1.807, 2.05) is 13.2 Å². The van der Waals surface area contributed by atoms with Crippen molar-refractivity contribution in [3.63, 3.8) is 0 Å². The third kappa shape index (κ3) is 4.08. The minimum absolute atomic E-state index is 0.190. The van der Waals surface area contributed by atoms with Gasteiger partial charge in [-0.3, -0.25) is 0 Å². The molecule has 1 aliphatic rings. The van der Waals surface area contributed by atoms with Crippen LogP contribution in [0.5, 0.6) is 0 Å². The van der Waals surface area contributed by atoms with Crippen LogP contribution >= 0.6 is 11.8 Å². The van der Waals surface area contributed by atoms with Gasteiger partial charge in [-0.15, -0.1) is 0 Å². The molecule has 6 heteroatoms. The zero-order chi connectivity index (χ0) is 13.7. The van der Waals surface area contributed by atoms with Crippen LogP contribution in [-0.2, 0) is 4.79 Å². The molecule has 2 N–H and O–H groups in total. The second kappa shape index (κ2) is 6.87. The summed E-state index contributed by atoms with van der Waals surface area (Å²) < 4.78 is 0. The summed E-state index contributed by atoms with van der Waals surface area (Å²) in [5.74, 6) is 0.251. The molecule has 3 atom stereocenters. The summed E-state index contributed by atoms with van der Waals surface area (Å²) in [4.78, 5) is 24.8. The number of aliphatic carboxylic acids is 1. The minimum Gasteiger partial charge on any atom is -0.480 e. The van der Waals surface area contributed by atoms with E-state index < -0.39 is 12.0 Å². The maximum absolute atomic E-state index is 12.0. The van der Waals surface area contributed by atoms with E-state index in [9.17, 15) is 9.59 Å². The molecule has 2 unspecified atom stereocenters. The van der Waals surface area contributed by atoms with Crippen LogP contribution in [-0.4, -0.2) is 52.6 Å². The number of likely N-dealkylation sites (tertiary alicyclic amines) is 1. The van der Waals surface area contributed by atoms with Gasteiger partial charge in [-0.05, 0) is 37.7 Å². The lowest BCUT2D eigenvalue weighted by atomic mass is 10.1. The van der Waals surface area contributed by atoms with E-state index in [0.29, 0.717) is 18.9 Å². The van der Waals surface area contributed by atoms with Crippen LogP contribution in [0.25, 0.3) is 0 Å². The molecule has 1 aliphatic heterocycles. The molecule has 0 spiro atoms. The van der Waals surface area contributed by atoms with Crippen LogP contribution in [0.4, 0.5) is 4.79 Å². The molecule has 0 bridgehead atoms. The van der Waals surface area contributed by atoms with E-state index >= 15 is 0 Å². The van der Waals surface area contributed by atoms with E-state index in [1.54, 1.807) is 16.7 Å². The Hall–Kier alpha value is -0.910. The smallest absolute Gasteiger partial charge is 0.326 e. The predicted molar refractivity (Wildman–Crippen MR) is 72.9 cm³/mol. The van der Waals surface area contributed by atoms with Gasteiger partial charge in [0.2, 0.25) is 0 Å². The van der Waals surface area contributed by atoms with Crippen molar-refractivity contribution in [3.05, 3.63) is 0 Å². The number of thioether (sulfide) groups is 1. The van der Waals surface area contributed by atoms with E-state index in [1.165, 1.54) is 0 Å². The SMILES string of the molecule is CSCC[C@@H](NC(=O)N1CC(C)CC1C)C(=O)O. The highest BCUT2D eigenvalue weighted by Crippen LogP contribution is 2.22. The highest BCUT2D eigenvalue weighted by Gasteiger charge is 2.31. The van der Waals surface area contributed by atoms with Crippen LogP contribution in [0.1, 0.15) is 26.7 Å². The highest BCUT2D eigenvalue weighted by molar-refractivity contribution is 7.98. The largest absolute Gasteiger partial charge is 0.480 e. The lowest BCUT2D eigenvalue weighted by molar-refractivity contribution is -0.139. The molecule has 0 aromatic carbocycles. The second-order valence-electron chi connectivity index (χ2n) is 4.96. The predicted octanol–water partition coefficient (Wildman–Crippen LogP) is 1.63. The zero-order valence-corrected chi connectivity index (χ0v) is 12.0. The highest BCUT2D eigenvalue weighted by atomic mass is 32.2. The summed E-state index contributed by atoms with van der Waals surface area (Å²) >= 11 is 1.58. The molecule has 0 aromatic rings. The first-order valence-electron chi connectivity index (χ1n) is 6.24. The zero-order valence-electron chi connectivity index (χ0n) is 11.2. The fourth-order valence-electron chi connectivity index (χ4n) is 2.31. The number of carbonyl (C=O) groups excluding carboxylic acids is 1. The van der Waals surface area contributed by atoms with Crippen molar-refractivity contribution < 1.29 is 14.7 Å². The monoisotopic (exact) mass is 274 g/mol. The van der Waals surface area contributed by atoms with Crippen molar-refractivity contribution in [2.24, 2.45) is 5.92 Å². The van der Waals surface area contributed by atoms with Gasteiger partial charge in [0.25, 0.3) is 0 Å². The van der Waals surface area contributed by atoms with Crippen LogP contribution in [0.3, 0.4) is 0 Å². The number of hydrogen-bond donors (Lipinski definition) is 2. The Morgan fingerprint density at radius 1 is 1.50 bits per heavy atom. The molecule has 0 radical (unpaired) electrons. The third-order valence-corrected chi connectivity index (χ3v) is 3.90. The number of amides is 2. The number of hydrogen-bond acceptors (Lipinski definition) is 3. The van der Waals surface area contributed by atoms with E-state index in [0.717, 1.165) is 12.2 Å². The summed E-state index contributed by atoms with van der Waals surface area (Å²) in [6.45, 7) is 4.81. The number of carboxylic acid groups (broad SMARTS) is 1. The van der Waals surface area contributed by atoms with E-state index in [2.05, 4.69) is 12.2 Å². The first-order valence-corrected chi connectivity index (χ1v) is 7.64. The van der Waals surface area contributed by atoms with Gasteiger partial charge in [0.1, 0.15) is 6.04 Å². The van der Waals surface area contributed by atoms with Crippen LogP contribution in [0, 0.1) is 5.92 Å². The average molecular weight is 274 g/mol. The van der Waals surface area contributed by atoms with Gasteiger partial charge in [-0.1, -0.05) is 6.92 Å². The fraction of sp³-hybridized carbons (Fsp3) is 0.833. The minimum atomic E-state index is -0.961. The molecule has 0 aromatic heterocycles. The molecule has 1 saturated heterocycles. The van der Waals surface area contributed by atoms with Gasteiger partial charge in [0, 0.05) is 12.6 Å². The number of nitrogens with one attached hydrogen (secondary N) is 1. The first kappa shape index (κ1) is 15.1. The maximum Gasteiger partial charge on any atom is 0.326 e. The standard InChI is InChI=1S/C12H22N2O3S/c1-8-6-9(2)14(7-8)12(17)13-10(11(15)16)4-5-18-3/h8-10H,4-7H2,1-3H3,(H,13,17)(H,15,16)/t8?,9?,10-/m1/s1. The van der Waals surface area contributed by atoms with Crippen LogP contribution in [0.2, 0.25) is 0 Å². The van der Waals surface area contributed by atoms with E-state index in [-0.39, 0.29) is 12.1 Å². The summed E-state index contributed by atoms with van der Waals surface area (Å²) in [5, 5.41) is 11.7. The third-order valence-electron chi connectivity index (χ3n) is 3.25. The second-order valence-corrected chi connectivity index (χ2v) is 5.95. The number of rotatable bonds is 5. The Bertz CT molecular complexity index is 312. The van der Waals surface area contributed by atoms with Crippen molar-refractivity contribution in [2.45, 2.75) is 38.8 Å². The van der Waals surface area contributed by atoms with Crippen molar-refractivity contribution in [1.82, 2.24) is 10.2 Å². The van der Waals surface area contributed by atoms with Crippen LogP contribution < -0.4 is 5.32 Å². The Morgan fingerprint density at radius 2 is 2.17 bits per heavy atom. The summed E-state index contributed by atoms with van der Waals surface area (Å²) in [7, 11) is 0. The molecule has 18 heavy (non-hydrogen) atoms. The van der Waals surface area contributed by atoms with Crippen molar-refractivity contribution in [1.29, 1.82) is 0 Å². The van der Waals surface area contributed by atoms with Gasteiger partial charge in [0.05, 0.1) is 0 Å². The maximum atomic E-state index is 12.0. The Balaban J connectivity index is 2.53. The number of urea groups is 1. The quantitative estimate of drug-likeness (QED) is 0.799. The number of carboxylic acids is 1. The molecular weight excluding hydrogens is 252 g/mol. The van der Waals surface area contributed by atoms with E-state index in [4.69, 9.17) is 5.11 Å². The molecule has 104 valence electrons. The Kier molecular flexibility index (Phi) is 5.78. The molecule has 2 amide bonds. The van der Waals surface area contributed by atoms with Gasteiger partial charge < -0.3 is 15.3 Å². The Labute approximate surface area is 112 Å². The van der Waals surface area contributed by atoms with Gasteiger partial charge in [-0.25, -0.2) is 9.59 Å². The molecule has 0 saturated carbocycles. The van der Waals surface area contributed by atoms with Crippen molar-refractivity contribution >= 4 is 23.8 Å². The van der Waals surface area contributed by atoms with Gasteiger partial charge >= 0.3 is 12.0 Å². The average Bonchev–Trinajstić information content (AvgIpc) is 2.63. The summed E-state index contributed by atoms with van der Waals surface area (Å²) in [5.41, 5.74) is 0. The van der Waals surface area contributed by atoms with Crippen molar-refractivity contribution in [3.8, 4) is 0 Å². The molecule has 1 heterocycles. The molecule has 1 rings (SSSR count). The molecular formula is C12H22N2O3S. The summed E-state index contributed by atoms with van der Waals surface area (Å²) in [6, 6.07) is -0.844. The topological polar surface area (TPSA) is 69.6 Å². The molecule has 5 nitrogen and oxygen atoms in total. The van der Waals surface area contributed by atoms with Gasteiger partial charge in [0.15, 0.2) is 0 Å². The first-order chi connectivity index (χ1) is 8.45. The van der Waals surface area contributed by atoms with Crippen molar-refractivity contribution in [2.75, 3.05) is 18.6 Å². The fourth-order valence-corrected chi connectivity index (χ4v) is 2.78. The molecule has 0 aliphatic carbocycles. The normalized spacial score (nSPS) is 24.9. The van der Waals surface area contributed by atoms with Crippen LogP contribution in [0.15, 0.2) is 0 Å². The number of nitrogens with zero attached hydrogens (tertiary/aromatic N) is 1. The Morgan fingerprint density at radius 3 is 2.61 bits per heavy atom. The van der Waals surface area contributed by atoms with Gasteiger partial charge in [-0.2, -0.15) is 11.8 Å². The molecule has 1 fully saturated rings. The number of carbonyl (C=O) groups is 2. The lowest BCUT2D eigenvalue weighted by Crippen LogP contribution is -2.49.